The maximum absolute atomic E-state index is 13.1. The van der Waals surface area contributed by atoms with Gasteiger partial charge in [-0.05, 0) is 59.7 Å². The highest BCUT2D eigenvalue weighted by atomic mass is 28.6. The molecule has 3 aliphatic heterocycles. The Kier molecular flexibility index (Phi) is 16.2. The van der Waals surface area contributed by atoms with Gasteiger partial charge in [0.05, 0.1) is 0 Å². The van der Waals surface area contributed by atoms with Gasteiger partial charge in [-0.1, -0.05) is 127 Å². The third-order valence-electron chi connectivity index (χ3n) is 9.32. The van der Waals surface area contributed by atoms with Gasteiger partial charge in [-0.2, -0.15) is 0 Å². The average Bonchev–Trinajstić information content (AvgIpc) is 2.91. The van der Waals surface area contributed by atoms with Crippen molar-refractivity contribution in [3.05, 3.63) is 30.3 Å². The molecule has 3 saturated heterocycles. The molecule has 0 spiro atoms. The third-order valence-corrected chi connectivity index (χ3v) is 46.1. The lowest BCUT2D eigenvalue weighted by Gasteiger charge is -2.58. The predicted molar refractivity (Wildman–Crippen MR) is 237 cm³/mol. The molecule has 0 amide bonds. The van der Waals surface area contributed by atoms with E-state index >= 15 is 0 Å². The summed E-state index contributed by atoms with van der Waals surface area (Å²) in [6.45, 7) is 33.4. The largest absolute Gasteiger partial charge is 0.483 e. The van der Waals surface area contributed by atoms with E-state index in [1.165, 1.54) is 0 Å². The van der Waals surface area contributed by atoms with Crippen LogP contribution in [0.15, 0.2) is 30.3 Å². The van der Waals surface area contributed by atoms with Crippen LogP contribution in [0.25, 0.3) is 0 Å². The van der Waals surface area contributed by atoms with Crippen LogP contribution in [0, 0.1) is 41.4 Å². The van der Waals surface area contributed by atoms with Gasteiger partial charge in [-0.25, -0.2) is 0 Å². The predicted octanol–water partition coefficient (Wildman–Crippen LogP) is 8.45. The van der Waals surface area contributed by atoms with Crippen LogP contribution in [0.1, 0.15) is 96.9 Å². The molecule has 3 fully saturated rings. The molecule has 0 radical (unpaired) electrons. The van der Waals surface area contributed by atoms with Crippen molar-refractivity contribution in [2.75, 3.05) is 0 Å². The Hall–Kier alpha value is 0.475. The highest BCUT2D eigenvalue weighted by Crippen LogP contribution is 2.50. The first kappa shape index (κ1) is 49.1. The Bertz CT molecular complexity index is 1370. The molecule has 12 nitrogen and oxygen atoms in total. The standard InChI is InChI=1S/C36H76O12Si8/c1-29(2)22-50(37)40-53(25-32(7)8)41-51(38,23-30(3)4)43-55(27-34(11)12)45-52(24-31(5)6,39-49(15,16)36-20-18-17-19-21-36)44-54(42-50,26-33(9)10)47-56(46-53,48-55)28-35(13)14/h17-21,29-35,37-38H,22-28H2,1-16H3. The van der Waals surface area contributed by atoms with Gasteiger partial charge < -0.3 is 50.7 Å². The van der Waals surface area contributed by atoms with E-state index in [2.05, 4.69) is 94.5 Å². The van der Waals surface area contributed by atoms with E-state index in [4.69, 9.17) is 41.2 Å². The SMILES string of the molecule is CC(C)C[Si]1(O)O[Si]2(CC(C)C)O[Si](O)(CC(C)C)O[Si]3(CC(C)C)O[Si](CC(C)C)(O2)O[Si](CC(C)C)(O1)O[Si](CC(C)C)(O[Si](C)(C)c1ccccc1)O3. The summed E-state index contributed by atoms with van der Waals surface area (Å²) in [7, 11) is -32.1. The first-order chi connectivity index (χ1) is 25.6. The molecule has 2 N–H and O–H groups in total. The molecule has 4 unspecified atom stereocenters. The molecule has 56 heavy (non-hydrogen) atoms. The minimum atomic E-state index is -4.33. The summed E-state index contributed by atoms with van der Waals surface area (Å²) in [6.07, 6.45) is 0. The van der Waals surface area contributed by atoms with E-state index in [9.17, 15) is 9.59 Å². The van der Waals surface area contributed by atoms with E-state index in [1.54, 1.807) is 0 Å². The van der Waals surface area contributed by atoms with Crippen LogP contribution < -0.4 is 5.19 Å². The van der Waals surface area contributed by atoms with Gasteiger partial charge in [0.2, 0.25) is 8.32 Å². The monoisotopic (exact) mass is 924 g/mol. The summed E-state index contributed by atoms with van der Waals surface area (Å²) in [4.78, 5) is 26.2. The highest BCUT2D eigenvalue weighted by molar-refractivity contribution is 7.00. The first-order valence-electron chi connectivity index (χ1n) is 21.1. The number of fused-ring (bicyclic) bond motifs is 3. The van der Waals surface area contributed by atoms with Crippen LogP contribution in [0.2, 0.25) is 55.4 Å². The Morgan fingerprint density at radius 2 is 0.714 bits per heavy atom. The van der Waals surface area contributed by atoms with Crippen LogP contribution in [-0.4, -0.2) is 79.5 Å². The van der Waals surface area contributed by atoms with E-state index in [0.29, 0.717) is 30.2 Å². The molecular formula is C36H76O12Si8. The number of benzene rings is 1. The van der Waals surface area contributed by atoms with Gasteiger partial charge in [0.25, 0.3) is 0 Å². The van der Waals surface area contributed by atoms with Crippen LogP contribution in [0.5, 0.6) is 0 Å². The van der Waals surface area contributed by atoms with Crippen molar-refractivity contribution in [1.29, 1.82) is 0 Å². The molecule has 4 bridgehead atoms. The Labute approximate surface area is 348 Å². The molecular weight excluding hydrogens is 849 g/mol. The van der Waals surface area contributed by atoms with Gasteiger partial charge in [0, 0.05) is 42.3 Å². The molecule has 1 aromatic rings. The van der Waals surface area contributed by atoms with Crippen molar-refractivity contribution in [3.8, 4) is 0 Å². The molecule has 4 rings (SSSR count). The molecule has 3 heterocycles. The summed E-state index contributed by atoms with van der Waals surface area (Å²) in [5, 5.41) is 1.07. The fraction of sp³-hybridized carbons (Fsp3) is 0.833. The van der Waals surface area contributed by atoms with Crippen LogP contribution >= 0.6 is 0 Å². The summed E-state index contributed by atoms with van der Waals surface area (Å²) in [6, 6.07) is 12.4. The lowest BCUT2D eigenvalue weighted by molar-refractivity contribution is 0.00462. The average molecular weight is 926 g/mol. The zero-order chi connectivity index (χ0) is 42.2. The Morgan fingerprint density at radius 3 is 1.02 bits per heavy atom. The molecule has 20 heteroatoms. The van der Waals surface area contributed by atoms with Crippen LogP contribution in [-0.2, 0) is 41.2 Å². The maximum atomic E-state index is 13.1. The summed E-state index contributed by atoms with van der Waals surface area (Å²) in [5.74, 6) is 0.0773. The minimum Gasteiger partial charge on any atom is -0.412 e. The maximum Gasteiger partial charge on any atom is 0.483 e. The zero-order valence-corrected chi connectivity index (χ0v) is 45.4. The van der Waals surface area contributed by atoms with Crippen LogP contribution in [0.4, 0.5) is 0 Å². The minimum absolute atomic E-state index is 0.00119. The van der Waals surface area contributed by atoms with Crippen molar-refractivity contribution in [1.82, 2.24) is 0 Å². The number of hydrogen-bond donors (Lipinski definition) is 2. The van der Waals surface area contributed by atoms with Crippen molar-refractivity contribution in [2.45, 2.75) is 152 Å². The third kappa shape index (κ3) is 13.0. The van der Waals surface area contributed by atoms with Gasteiger partial charge >= 0.3 is 61.6 Å². The van der Waals surface area contributed by atoms with Gasteiger partial charge in [-0.3, -0.25) is 0 Å². The topological polar surface area (TPSA) is 133 Å². The Morgan fingerprint density at radius 1 is 0.429 bits per heavy atom. The second-order valence-electron chi connectivity index (χ2n) is 19.9. The molecule has 1 aromatic carbocycles. The molecule has 0 saturated carbocycles. The van der Waals surface area contributed by atoms with E-state index in [0.717, 1.165) is 5.19 Å². The van der Waals surface area contributed by atoms with Gasteiger partial charge in [-0.15, -0.1) is 0 Å². The zero-order valence-electron chi connectivity index (χ0n) is 37.4. The smallest absolute Gasteiger partial charge is 0.412 e. The molecule has 324 valence electrons. The quantitative estimate of drug-likeness (QED) is 0.145. The van der Waals surface area contributed by atoms with Gasteiger partial charge in [0.15, 0.2) is 0 Å². The first-order valence-corrected chi connectivity index (χ1v) is 37.6. The fourth-order valence-electron chi connectivity index (χ4n) is 8.12. The molecule has 3 aliphatic rings. The van der Waals surface area contributed by atoms with Crippen molar-refractivity contribution in [3.63, 3.8) is 0 Å². The molecule has 0 aromatic heterocycles. The fourth-order valence-corrected chi connectivity index (χ4v) is 52.6. The second-order valence-corrected chi connectivity index (χ2v) is 44.2. The van der Waals surface area contributed by atoms with Crippen molar-refractivity contribution >= 4 is 75.1 Å². The van der Waals surface area contributed by atoms with E-state index in [-0.39, 0.29) is 53.5 Å². The number of hydrogen-bond acceptors (Lipinski definition) is 12. The summed E-state index contributed by atoms with van der Waals surface area (Å²) < 4.78 is 74.9. The lowest BCUT2D eigenvalue weighted by Crippen LogP contribution is -2.83. The lowest BCUT2D eigenvalue weighted by atomic mass is 10.3. The van der Waals surface area contributed by atoms with Crippen molar-refractivity contribution < 1.29 is 50.7 Å². The summed E-state index contributed by atoms with van der Waals surface area (Å²) >= 11 is 0. The molecule has 0 aliphatic carbocycles. The Balaban J connectivity index is 2.20. The highest BCUT2D eigenvalue weighted by Gasteiger charge is 2.77. The normalized spacial score (nSPS) is 35.8. The van der Waals surface area contributed by atoms with Gasteiger partial charge in [0.1, 0.15) is 0 Å². The molecule has 4 atom stereocenters. The van der Waals surface area contributed by atoms with E-state index < -0.39 is 69.9 Å². The second kappa shape index (κ2) is 18.4. The summed E-state index contributed by atoms with van der Waals surface area (Å²) in [5.41, 5.74) is 0. The van der Waals surface area contributed by atoms with Crippen molar-refractivity contribution in [2.24, 2.45) is 41.4 Å². The number of rotatable bonds is 17. The van der Waals surface area contributed by atoms with E-state index in [1.807, 2.05) is 45.9 Å². The van der Waals surface area contributed by atoms with Crippen LogP contribution in [0.3, 0.4) is 0 Å².